The van der Waals surface area contributed by atoms with Crippen molar-refractivity contribution in [2.24, 2.45) is 0 Å². The van der Waals surface area contributed by atoms with Crippen LogP contribution in [0.3, 0.4) is 0 Å². The number of carbonyl (C=O) groups excluding carboxylic acids is 3. The predicted octanol–water partition coefficient (Wildman–Crippen LogP) is 2.99. The van der Waals surface area contributed by atoms with E-state index < -0.39 is 0 Å². The first kappa shape index (κ1) is 18.4. The molecule has 0 unspecified atom stereocenters. The fraction of sp³-hybridized carbons (Fsp3) is 0.250. The Labute approximate surface area is 147 Å². The zero-order valence-electron chi connectivity index (χ0n) is 14.2. The summed E-state index contributed by atoms with van der Waals surface area (Å²) < 4.78 is 4.84. The number of nitrogens with one attached hydrogen (secondary N) is 1. The molecule has 0 aromatic heterocycles. The molecule has 0 fully saturated rings. The molecule has 25 heavy (non-hydrogen) atoms. The molecular weight excluding hydrogens is 318 g/mol. The van der Waals surface area contributed by atoms with E-state index in [2.05, 4.69) is 5.32 Å². The lowest BCUT2D eigenvalue weighted by Gasteiger charge is -2.09. The number of ketones is 1. The van der Waals surface area contributed by atoms with Gasteiger partial charge in [-0.1, -0.05) is 48.5 Å². The van der Waals surface area contributed by atoms with E-state index in [9.17, 15) is 14.4 Å². The molecule has 2 rings (SSSR count). The first-order valence-corrected chi connectivity index (χ1v) is 8.26. The van der Waals surface area contributed by atoms with Crippen LogP contribution in [0.15, 0.2) is 54.6 Å². The number of hydrogen-bond donors (Lipinski definition) is 1. The lowest BCUT2D eigenvalue weighted by molar-refractivity contribution is -0.143. The first-order valence-electron chi connectivity index (χ1n) is 8.26. The van der Waals surface area contributed by atoms with Crippen molar-refractivity contribution in [3.8, 4) is 0 Å². The van der Waals surface area contributed by atoms with Crippen LogP contribution in [-0.2, 0) is 9.53 Å². The molecular formula is C20H21NO4. The van der Waals surface area contributed by atoms with E-state index in [1.165, 1.54) is 0 Å². The summed E-state index contributed by atoms with van der Waals surface area (Å²) in [5.41, 5.74) is 1.22. The van der Waals surface area contributed by atoms with Gasteiger partial charge in [0.05, 0.1) is 12.2 Å². The standard InChI is InChI=1S/C20H21NO4/c1-2-25-18(22)13-8-14-21-20(24)17-12-7-6-11-16(17)19(23)15-9-4-3-5-10-15/h3-7,9-12H,2,8,13-14H2,1H3,(H,21,24). The van der Waals surface area contributed by atoms with E-state index in [1.807, 2.05) is 6.07 Å². The third kappa shape index (κ3) is 5.28. The van der Waals surface area contributed by atoms with E-state index in [0.29, 0.717) is 36.3 Å². The van der Waals surface area contributed by atoms with Crippen molar-refractivity contribution in [1.29, 1.82) is 0 Å². The van der Waals surface area contributed by atoms with Crippen LogP contribution in [0.1, 0.15) is 46.0 Å². The summed E-state index contributed by atoms with van der Waals surface area (Å²) in [7, 11) is 0. The quantitative estimate of drug-likeness (QED) is 0.456. The average molecular weight is 339 g/mol. The van der Waals surface area contributed by atoms with E-state index in [4.69, 9.17) is 4.74 Å². The zero-order chi connectivity index (χ0) is 18.1. The maximum atomic E-state index is 12.6. The highest BCUT2D eigenvalue weighted by molar-refractivity contribution is 6.15. The van der Waals surface area contributed by atoms with Crippen molar-refractivity contribution in [1.82, 2.24) is 5.32 Å². The lowest BCUT2D eigenvalue weighted by Crippen LogP contribution is -2.27. The highest BCUT2D eigenvalue weighted by Crippen LogP contribution is 2.14. The third-order valence-electron chi connectivity index (χ3n) is 3.60. The summed E-state index contributed by atoms with van der Waals surface area (Å²) in [5, 5.41) is 2.74. The van der Waals surface area contributed by atoms with Crippen molar-refractivity contribution >= 4 is 17.7 Å². The van der Waals surface area contributed by atoms with Gasteiger partial charge in [0.1, 0.15) is 0 Å². The highest BCUT2D eigenvalue weighted by atomic mass is 16.5. The Morgan fingerprint density at radius 2 is 1.56 bits per heavy atom. The Morgan fingerprint density at radius 3 is 2.24 bits per heavy atom. The number of esters is 1. The molecule has 0 aliphatic rings. The number of amides is 1. The molecule has 0 aliphatic carbocycles. The molecule has 2 aromatic carbocycles. The van der Waals surface area contributed by atoms with Gasteiger partial charge in [-0.3, -0.25) is 14.4 Å². The van der Waals surface area contributed by atoms with E-state index in [0.717, 1.165) is 0 Å². The monoisotopic (exact) mass is 339 g/mol. The van der Waals surface area contributed by atoms with Crippen LogP contribution in [0.5, 0.6) is 0 Å². The van der Waals surface area contributed by atoms with Gasteiger partial charge in [0, 0.05) is 24.1 Å². The fourth-order valence-electron chi connectivity index (χ4n) is 2.39. The van der Waals surface area contributed by atoms with Gasteiger partial charge in [-0.15, -0.1) is 0 Å². The molecule has 0 spiro atoms. The Kier molecular flexibility index (Phi) is 6.89. The molecule has 0 aliphatic heterocycles. The van der Waals surface area contributed by atoms with Crippen molar-refractivity contribution in [2.45, 2.75) is 19.8 Å². The maximum absolute atomic E-state index is 12.6. The Bertz CT molecular complexity index is 740. The second kappa shape index (κ2) is 9.37. The molecule has 0 atom stereocenters. The average Bonchev–Trinajstić information content (AvgIpc) is 2.65. The molecule has 5 nitrogen and oxygen atoms in total. The second-order valence-corrected chi connectivity index (χ2v) is 5.41. The van der Waals surface area contributed by atoms with Crippen LogP contribution in [0, 0.1) is 0 Å². The number of ether oxygens (including phenoxy) is 1. The number of carbonyl (C=O) groups is 3. The van der Waals surface area contributed by atoms with Crippen molar-refractivity contribution in [3.63, 3.8) is 0 Å². The maximum Gasteiger partial charge on any atom is 0.305 e. The molecule has 0 bridgehead atoms. The third-order valence-corrected chi connectivity index (χ3v) is 3.60. The molecule has 1 N–H and O–H groups in total. The van der Waals surface area contributed by atoms with Crippen LogP contribution in [0.4, 0.5) is 0 Å². The van der Waals surface area contributed by atoms with Crippen molar-refractivity contribution in [3.05, 3.63) is 71.3 Å². The van der Waals surface area contributed by atoms with Crippen LogP contribution in [0.25, 0.3) is 0 Å². The first-order chi connectivity index (χ1) is 12.1. The van der Waals surface area contributed by atoms with Crippen LogP contribution >= 0.6 is 0 Å². The largest absolute Gasteiger partial charge is 0.466 e. The van der Waals surface area contributed by atoms with E-state index >= 15 is 0 Å². The fourth-order valence-corrected chi connectivity index (χ4v) is 2.39. The van der Waals surface area contributed by atoms with Crippen molar-refractivity contribution in [2.75, 3.05) is 13.2 Å². The molecule has 0 saturated carbocycles. The summed E-state index contributed by atoms with van der Waals surface area (Å²) >= 11 is 0. The van der Waals surface area contributed by atoms with Gasteiger partial charge in [-0.25, -0.2) is 0 Å². The molecule has 2 aromatic rings. The lowest BCUT2D eigenvalue weighted by atomic mass is 9.98. The number of hydrogen-bond acceptors (Lipinski definition) is 4. The van der Waals surface area contributed by atoms with E-state index in [-0.39, 0.29) is 24.1 Å². The van der Waals surface area contributed by atoms with Crippen LogP contribution < -0.4 is 5.32 Å². The smallest absolute Gasteiger partial charge is 0.305 e. The molecule has 0 heterocycles. The minimum Gasteiger partial charge on any atom is -0.466 e. The molecule has 130 valence electrons. The van der Waals surface area contributed by atoms with Gasteiger partial charge >= 0.3 is 5.97 Å². The Balaban J connectivity index is 2.01. The Morgan fingerprint density at radius 1 is 0.920 bits per heavy atom. The van der Waals surface area contributed by atoms with Crippen molar-refractivity contribution < 1.29 is 19.1 Å². The molecule has 1 amide bonds. The van der Waals surface area contributed by atoms with Gasteiger partial charge in [-0.05, 0) is 19.4 Å². The second-order valence-electron chi connectivity index (χ2n) is 5.41. The van der Waals surface area contributed by atoms with Gasteiger partial charge in [-0.2, -0.15) is 0 Å². The SMILES string of the molecule is CCOC(=O)CCCNC(=O)c1ccccc1C(=O)c1ccccc1. The van der Waals surface area contributed by atoms with Gasteiger partial charge in [0.15, 0.2) is 5.78 Å². The summed E-state index contributed by atoms with van der Waals surface area (Å²) in [6.45, 7) is 2.44. The minimum atomic E-state index is -0.330. The van der Waals surface area contributed by atoms with Gasteiger partial charge < -0.3 is 10.1 Å². The van der Waals surface area contributed by atoms with Crippen LogP contribution in [0.2, 0.25) is 0 Å². The molecule has 5 heteroatoms. The summed E-state index contributed by atoms with van der Waals surface area (Å²) in [6.07, 6.45) is 0.734. The number of benzene rings is 2. The number of rotatable bonds is 8. The summed E-state index contributed by atoms with van der Waals surface area (Å²) in [4.78, 5) is 36.3. The zero-order valence-corrected chi connectivity index (χ0v) is 14.2. The topological polar surface area (TPSA) is 72.5 Å². The van der Waals surface area contributed by atoms with Gasteiger partial charge in [0.25, 0.3) is 5.91 Å². The van der Waals surface area contributed by atoms with Crippen LogP contribution in [-0.4, -0.2) is 30.8 Å². The molecule has 0 radical (unpaired) electrons. The minimum absolute atomic E-state index is 0.196. The predicted molar refractivity (Wildman–Crippen MR) is 94.5 cm³/mol. The summed E-state index contributed by atoms with van der Waals surface area (Å²) in [5.74, 6) is -0.807. The Hall–Kier alpha value is -2.95. The normalized spacial score (nSPS) is 10.1. The van der Waals surface area contributed by atoms with Gasteiger partial charge in [0.2, 0.25) is 0 Å². The highest BCUT2D eigenvalue weighted by Gasteiger charge is 2.17. The van der Waals surface area contributed by atoms with E-state index in [1.54, 1.807) is 55.5 Å². The summed E-state index contributed by atoms with van der Waals surface area (Å²) in [6, 6.07) is 15.5. The molecule has 0 saturated heterocycles.